The van der Waals surface area contributed by atoms with Crippen LogP contribution in [0.4, 0.5) is 8.78 Å². The maximum Gasteiger partial charge on any atom is 0.180 e. The van der Waals surface area contributed by atoms with Crippen molar-refractivity contribution in [2.45, 2.75) is 19.4 Å². The van der Waals surface area contributed by atoms with E-state index in [9.17, 15) is 8.78 Å². The van der Waals surface area contributed by atoms with Crippen molar-refractivity contribution < 1.29 is 18.7 Å². The smallest absolute Gasteiger partial charge is 0.180 e. The molecule has 0 amide bonds. The van der Waals surface area contributed by atoms with Crippen molar-refractivity contribution in [3.63, 3.8) is 0 Å². The highest BCUT2D eigenvalue weighted by Gasteiger charge is 2.16. The van der Waals surface area contributed by atoms with E-state index < -0.39 is 17.7 Å². The summed E-state index contributed by atoms with van der Waals surface area (Å²) >= 11 is 0. The number of hydrogen-bond acceptors (Lipinski definition) is 3. The molecule has 0 saturated heterocycles. The molecule has 0 fully saturated rings. The molecule has 0 bridgehead atoms. The molecule has 0 saturated carbocycles. The summed E-state index contributed by atoms with van der Waals surface area (Å²) < 4.78 is 31.0. The van der Waals surface area contributed by atoms with Crippen LogP contribution >= 0.6 is 0 Å². The third-order valence-corrected chi connectivity index (χ3v) is 1.98. The standard InChI is InChI=1S/C10H12F2N2O2/c1-2-8(10(13)14-15)16-9-4-3-6(11)5-7(9)12/h3-5,8,15H,2H2,1H3,(H2,13,14). The van der Waals surface area contributed by atoms with Crippen LogP contribution in [0.3, 0.4) is 0 Å². The second kappa shape index (κ2) is 5.29. The van der Waals surface area contributed by atoms with E-state index in [1.165, 1.54) is 0 Å². The van der Waals surface area contributed by atoms with Crippen molar-refractivity contribution in [1.82, 2.24) is 0 Å². The molecule has 0 radical (unpaired) electrons. The minimum atomic E-state index is -0.829. The molecular formula is C10H12F2N2O2. The van der Waals surface area contributed by atoms with Gasteiger partial charge in [0.25, 0.3) is 0 Å². The quantitative estimate of drug-likeness (QED) is 0.359. The summed E-state index contributed by atoms with van der Waals surface area (Å²) in [5, 5.41) is 11.2. The molecule has 0 aliphatic heterocycles. The second-order valence-corrected chi connectivity index (χ2v) is 3.11. The van der Waals surface area contributed by atoms with Crippen molar-refractivity contribution in [1.29, 1.82) is 0 Å². The lowest BCUT2D eigenvalue weighted by Crippen LogP contribution is -2.33. The normalized spacial score (nSPS) is 13.6. The Morgan fingerprint density at radius 3 is 2.75 bits per heavy atom. The SMILES string of the molecule is CCC(Oc1ccc(F)cc1F)C(N)=NO. The third kappa shape index (κ3) is 2.82. The van der Waals surface area contributed by atoms with Crippen LogP contribution in [0, 0.1) is 11.6 Å². The summed E-state index contributed by atoms with van der Waals surface area (Å²) in [6.45, 7) is 1.73. The lowest BCUT2D eigenvalue weighted by atomic mass is 10.2. The zero-order chi connectivity index (χ0) is 12.1. The van der Waals surface area contributed by atoms with Crippen molar-refractivity contribution >= 4 is 5.84 Å². The van der Waals surface area contributed by atoms with Gasteiger partial charge in [0.1, 0.15) is 5.82 Å². The van der Waals surface area contributed by atoms with Crippen LogP contribution < -0.4 is 10.5 Å². The fraction of sp³-hybridized carbons (Fsp3) is 0.300. The molecule has 0 spiro atoms. The molecule has 1 atom stereocenters. The van der Waals surface area contributed by atoms with Gasteiger partial charge in [-0.1, -0.05) is 12.1 Å². The summed E-state index contributed by atoms with van der Waals surface area (Å²) in [6, 6.07) is 2.92. The van der Waals surface area contributed by atoms with Gasteiger partial charge in [0.05, 0.1) is 0 Å². The zero-order valence-electron chi connectivity index (χ0n) is 8.65. The minimum absolute atomic E-state index is 0.139. The molecule has 4 nitrogen and oxygen atoms in total. The molecule has 0 aliphatic carbocycles. The van der Waals surface area contributed by atoms with E-state index in [1.54, 1.807) is 6.92 Å². The summed E-state index contributed by atoms with van der Waals surface area (Å²) in [5.41, 5.74) is 5.33. The van der Waals surface area contributed by atoms with Crippen LogP contribution in [-0.2, 0) is 0 Å². The Bertz CT molecular complexity index is 396. The maximum atomic E-state index is 13.2. The number of halogens is 2. The first-order chi connectivity index (χ1) is 7.58. The lowest BCUT2D eigenvalue weighted by molar-refractivity contribution is 0.236. The van der Waals surface area contributed by atoms with Crippen LogP contribution in [0.25, 0.3) is 0 Å². The van der Waals surface area contributed by atoms with Crippen LogP contribution in [0.5, 0.6) is 5.75 Å². The molecule has 16 heavy (non-hydrogen) atoms. The number of hydrogen-bond donors (Lipinski definition) is 2. The highest BCUT2D eigenvalue weighted by Crippen LogP contribution is 2.19. The number of rotatable bonds is 4. The average molecular weight is 230 g/mol. The Labute approximate surface area is 91.3 Å². The highest BCUT2D eigenvalue weighted by atomic mass is 19.1. The number of oxime groups is 1. The minimum Gasteiger partial charge on any atom is -0.479 e. The molecule has 1 aromatic rings. The van der Waals surface area contributed by atoms with Gasteiger partial charge in [-0.25, -0.2) is 8.78 Å². The van der Waals surface area contributed by atoms with Gasteiger partial charge >= 0.3 is 0 Å². The molecular weight excluding hydrogens is 218 g/mol. The van der Waals surface area contributed by atoms with E-state index in [2.05, 4.69) is 5.16 Å². The molecule has 0 heterocycles. The summed E-state index contributed by atoms with van der Waals surface area (Å²) in [5.74, 6) is -1.82. The largest absolute Gasteiger partial charge is 0.479 e. The van der Waals surface area contributed by atoms with E-state index in [0.717, 1.165) is 12.1 Å². The fourth-order valence-electron chi connectivity index (χ4n) is 1.14. The van der Waals surface area contributed by atoms with Crippen LogP contribution in [-0.4, -0.2) is 17.1 Å². The summed E-state index contributed by atoms with van der Waals surface area (Å²) in [7, 11) is 0. The predicted octanol–water partition coefficient (Wildman–Crippen LogP) is 1.87. The number of nitrogens with two attached hydrogens (primary N) is 1. The first-order valence-corrected chi connectivity index (χ1v) is 4.67. The highest BCUT2D eigenvalue weighted by molar-refractivity contribution is 5.84. The number of ether oxygens (including phenoxy) is 1. The van der Waals surface area contributed by atoms with Crippen molar-refractivity contribution in [3.05, 3.63) is 29.8 Å². The number of benzene rings is 1. The van der Waals surface area contributed by atoms with Crippen LogP contribution in [0.2, 0.25) is 0 Å². The Morgan fingerprint density at radius 2 is 2.25 bits per heavy atom. The van der Waals surface area contributed by atoms with Crippen LogP contribution in [0.15, 0.2) is 23.4 Å². The molecule has 1 aromatic carbocycles. The third-order valence-electron chi connectivity index (χ3n) is 1.98. The average Bonchev–Trinajstić information content (AvgIpc) is 2.27. The van der Waals surface area contributed by atoms with Crippen molar-refractivity contribution in [3.8, 4) is 5.75 Å². The van der Waals surface area contributed by atoms with E-state index in [4.69, 9.17) is 15.7 Å². The van der Waals surface area contributed by atoms with Gasteiger partial charge in [-0.15, -0.1) is 0 Å². The fourth-order valence-corrected chi connectivity index (χ4v) is 1.14. The number of amidine groups is 1. The summed E-state index contributed by atoms with van der Waals surface area (Å²) in [4.78, 5) is 0. The van der Waals surface area contributed by atoms with E-state index in [1.807, 2.05) is 0 Å². The molecule has 1 unspecified atom stereocenters. The molecule has 88 valence electrons. The van der Waals surface area contributed by atoms with Gasteiger partial charge in [0, 0.05) is 6.07 Å². The van der Waals surface area contributed by atoms with E-state index >= 15 is 0 Å². The Hall–Kier alpha value is -1.85. The number of nitrogens with zero attached hydrogens (tertiary/aromatic N) is 1. The Balaban J connectivity index is 2.86. The van der Waals surface area contributed by atoms with Gasteiger partial charge in [-0.3, -0.25) is 0 Å². The zero-order valence-corrected chi connectivity index (χ0v) is 8.65. The molecule has 0 aliphatic rings. The first kappa shape index (κ1) is 12.2. The monoisotopic (exact) mass is 230 g/mol. The van der Waals surface area contributed by atoms with Crippen molar-refractivity contribution in [2.75, 3.05) is 0 Å². The summed E-state index contributed by atoms with van der Waals surface area (Å²) in [6.07, 6.45) is -0.350. The molecule has 6 heteroatoms. The van der Waals surface area contributed by atoms with Crippen molar-refractivity contribution in [2.24, 2.45) is 10.9 Å². The molecule has 1 rings (SSSR count). The Morgan fingerprint density at radius 1 is 1.56 bits per heavy atom. The van der Waals surface area contributed by atoms with Gasteiger partial charge in [-0.2, -0.15) is 0 Å². The van der Waals surface area contributed by atoms with Gasteiger partial charge < -0.3 is 15.7 Å². The molecule has 0 aromatic heterocycles. The second-order valence-electron chi connectivity index (χ2n) is 3.11. The maximum absolute atomic E-state index is 13.2. The van der Waals surface area contributed by atoms with Gasteiger partial charge in [0.15, 0.2) is 23.5 Å². The van der Waals surface area contributed by atoms with Gasteiger partial charge in [0.2, 0.25) is 0 Å². The van der Waals surface area contributed by atoms with E-state index in [-0.39, 0.29) is 11.6 Å². The topological polar surface area (TPSA) is 67.8 Å². The molecule has 3 N–H and O–H groups in total. The van der Waals surface area contributed by atoms with Gasteiger partial charge in [-0.05, 0) is 18.6 Å². The predicted molar refractivity (Wildman–Crippen MR) is 54.5 cm³/mol. The first-order valence-electron chi connectivity index (χ1n) is 4.67. The Kier molecular flexibility index (Phi) is 4.04. The van der Waals surface area contributed by atoms with Crippen LogP contribution in [0.1, 0.15) is 13.3 Å². The van der Waals surface area contributed by atoms with E-state index in [0.29, 0.717) is 12.5 Å². The lowest BCUT2D eigenvalue weighted by Gasteiger charge is -2.16.